The number of unbranched alkanes of at least 4 members (excludes halogenated alkanes) is 2. The van der Waals surface area contributed by atoms with Crippen molar-refractivity contribution in [1.82, 2.24) is 10.6 Å². The van der Waals surface area contributed by atoms with E-state index in [1.165, 1.54) is 13.8 Å². The van der Waals surface area contributed by atoms with Gasteiger partial charge in [-0.2, -0.15) is 0 Å². The van der Waals surface area contributed by atoms with E-state index in [1.807, 2.05) is 27.7 Å². The third-order valence-corrected chi connectivity index (χ3v) is 6.00. The van der Waals surface area contributed by atoms with Gasteiger partial charge in [0.25, 0.3) is 5.96 Å². The maximum absolute atomic E-state index is 11.2. The van der Waals surface area contributed by atoms with E-state index in [-0.39, 0.29) is 82.5 Å². The number of guanidine groups is 1. The average Bonchev–Trinajstić information content (AvgIpc) is 3.08. The van der Waals surface area contributed by atoms with Gasteiger partial charge in [-0.05, 0) is 98.8 Å². The van der Waals surface area contributed by atoms with Crippen LogP contribution in [-0.2, 0) is 14.4 Å². The highest BCUT2D eigenvalue weighted by molar-refractivity contribution is 5.82. The minimum atomic E-state index is -0.825. The lowest BCUT2D eigenvalue weighted by atomic mass is 9.77. The Hall–Kier alpha value is -3.75. The number of primary amides is 1. The van der Waals surface area contributed by atoms with Crippen LogP contribution in [0.4, 0.5) is 4.79 Å². The van der Waals surface area contributed by atoms with Crippen LogP contribution < -0.4 is 39.3 Å². The minimum Gasteiger partial charge on any atom is -0.403 e. The Balaban J connectivity index is -0.0000000496. The number of ketones is 3. The Morgan fingerprint density at radius 1 is 0.766 bits per heavy atom. The summed E-state index contributed by atoms with van der Waals surface area (Å²) in [6, 6.07) is -0.919. The fourth-order valence-electron chi connectivity index (χ4n) is 3.14. The van der Waals surface area contributed by atoms with Crippen LogP contribution in [0.3, 0.4) is 0 Å². The first-order valence-electron chi connectivity index (χ1n) is 21.1. The Labute approximate surface area is 392 Å². The van der Waals surface area contributed by atoms with Crippen molar-refractivity contribution in [3.63, 3.8) is 0 Å². The van der Waals surface area contributed by atoms with Crippen LogP contribution in [0.1, 0.15) is 191 Å². The van der Waals surface area contributed by atoms with Gasteiger partial charge < -0.3 is 64.5 Å². The van der Waals surface area contributed by atoms with E-state index in [2.05, 4.69) is 50.0 Å². The summed E-state index contributed by atoms with van der Waals surface area (Å²) in [5.74, 6) is 0.597. The first-order valence-corrected chi connectivity index (χ1v) is 21.1. The van der Waals surface area contributed by atoms with E-state index >= 15 is 0 Å². The number of urea groups is 1. The number of nitrogens with two attached hydrogens (primary N) is 5. The van der Waals surface area contributed by atoms with Gasteiger partial charge in [0.1, 0.15) is 22.5 Å². The molecule has 394 valence electrons. The number of aliphatic hydroxyl groups excluding tert-OH is 4. The minimum absolute atomic E-state index is 0. The molecule has 0 aromatic rings. The molecule has 0 aliphatic carbocycles. The summed E-state index contributed by atoms with van der Waals surface area (Å²) in [5.41, 5.74) is 26.2. The number of amides is 2. The van der Waals surface area contributed by atoms with Crippen molar-refractivity contribution in [3.05, 3.63) is 22.4 Å². The highest BCUT2D eigenvalue weighted by Gasteiger charge is 2.32. The molecule has 2 amide bonds. The van der Waals surface area contributed by atoms with Gasteiger partial charge >= 0.3 is 6.03 Å². The number of hydrazone groups is 1. The number of hydrogen-bond acceptors (Lipinski definition) is 13. The molecule has 2 atom stereocenters. The van der Waals surface area contributed by atoms with E-state index in [9.17, 15) is 34.4 Å². The van der Waals surface area contributed by atoms with Crippen LogP contribution in [0.2, 0.25) is 0 Å². The normalized spacial score (nSPS) is 10.2. The molecule has 0 spiro atoms. The van der Waals surface area contributed by atoms with Crippen LogP contribution in [0.25, 0.3) is 0 Å². The summed E-state index contributed by atoms with van der Waals surface area (Å²) >= 11 is 0. The number of carbonyl (C=O) groups is 4. The number of nitrogens with one attached hydrogen (secondary N) is 2. The number of nitro groups is 1. The zero-order valence-electron chi connectivity index (χ0n) is 41.3. The van der Waals surface area contributed by atoms with Crippen molar-refractivity contribution < 1.29 is 44.6 Å². The Morgan fingerprint density at radius 3 is 1.28 bits per heavy atom. The molecule has 0 aliphatic heterocycles. The summed E-state index contributed by atoms with van der Waals surface area (Å²) < 4.78 is 0. The van der Waals surface area contributed by atoms with E-state index < -0.39 is 17.1 Å². The van der Waals surface area contributed by atoms with E-state index in [0.29, 0.717) is 31.8 Å². The molecule has 64 heavy (non-hydrogen) atoms. The lowest BCUT2D eigenvalue weighted by Crippen LogP contribution is -2.44. The van der Waals surface area contributed by atoms with Gasteiger partial charge in [-0.25, -0.2) is 14.9 Å². The molecule has 19 heteroatoms. The van der Waals surface area contributed by atoms with Crippen molar-refractivity contribution >= 4 is 29.3 Å². The molecule has 0 aromatic heterocycles. The monoisotopic (exact) mass is 936 g/mol. The quantitative estimate of drug-likeness (QED) is 0.0243. The van der Waals surface area contributed by atoms with Crippen LogP contribution in [0.5, 0.6) is 0 Å². The second kappa shape index (κ2) is 68.3. The van der Waals surface area contributed by atoms with Crippen molar-refractivity contribution in [2.24, 2.45) is 45.1 Å². The fraction of sp³-hybridized carbons (Fsp3) is 0.844. The second-order valence-corrected chi connectivity index (χ2v) is 15.1. The third-order valence-electron chi connectivity index (χ3n) is 6.00. The zero-order chi connectivity index (χ0) is 50.7. The van der Waals surface area contributed by atoms with Gasteiger partial charge in [0.05, 0.1) is 18.7 Å². The number of aliphatic hydroxyl groups is 4. The first-order chi connectivity index (χ1) is 27.8. The molecule has 0 saturated heterocycles. The third kappa shape index (κ3) is 145. The number of hydrogen-bond donors (Lipinski definition) is 11. The van der Waals surface area contributed by atoms with Gasteiger partial charge in [-0.3, -0.25) is 9.59 Å². The van der Waals surface area contributed by atoms with Crippen LogP contribution >= 0.6 is 0 Å². The molecule has 0 saturated carbocycles. The molecule has 16 N–H and O–H groups in total. The number of Topliss-reactive ketones (excluding diaryl/α,β-unsaturated/α-hetero) is 3. The number of allylic oxidation sites excluding steroid dienone is 1. The first kappa shape index (κ1) is 90.9. The highest BCUT2D eigenvalue weighted by atomic mass is 16.7. The molecular weight excluding hydrogens is 827 g/mol. The molecule has 0 rings (SSSR count). The molecule has 0 bridgehead atoms. The molecule has 0 radical (unpaired) electrons. The Kier molecular flexibility index (Phi) is 97.0. The highest BCUT2D eigenvalue weighted by Crippen LogP contribution is 2.28. The van der Waals surface area contributed by atoms with Crippen LogP contribution in [0, 0.1) is 21.4 Å². The smallest absolute Gasteiger partial charge is 0.312 e. The van der Waals surface area contributed by atoms with E-state index in [4.69, 9.17) is 44.0 Å². The summed E-state index contributed by atoms with van der Waals surface area (Å²) in [6.07, 6.45) is 7.39. The van der Waals surface area contributed by atoms with Gasteiger partial charge in [-0.1, -0.05) is 104 Å². The predicted molar refractivity (Wildman–Crippen MR) is 273 cm³/mol. The number of rotatable bonds is 17. The molecule has 0 heterocycles. The SMILES string of the molecule is C.C.C.C=C(N)CCC.CC(=O)C(N)C(C)(C)CC(O)CC(C)C.CC(=O)CN.CC(C)O.CC(C)O.CCC(C)=O.CCCCN/C(N)=N/[N+](=O)[O-].CCCCNC(N)=O.CCO. The van der Waals surface area contributed by atoms with Gasteiger partial charge in [0.15, 0.2) is 5.03 Å². The molecular formula is C45H109N9O10. The number of carbonyl (C=O) groups excluding carboxylic acids is 4. The Bertz CT molecular complexity index is 1020. The second-order valence-electron chi connectivity index (χ2n) is 15.1. The van der Waals surface area contributed by atoms with Gasteiger partial charge in [0.2, 0.25) is 0 Å². The van der Waals surface area contributed by atoms with Crippen molar-refractivity contribution in [1.29, 1.82) is 0 Å². The van der Waals surface area contributed by atoms with Gasteiger partial charge in [0, 0.05) is 44.0 Å². The molecule has 2 unspecified atom stereocenters. The van der Waals surface area contributed by atoms with Crippen molar-refractivity contribution in [3.8, 4) is 0 Å². The molecule has 0 aliphatic rings. The van der Waals surface area contributed by atoms with Crippen LogP contribution in [-0.4, -0.2) is 105 Å². The Morgan fingerprint density at radius 2 is 1.09 bits per heavy atom. The van der Waals surface area contributed by atoms with E-state index in [1.54, 1.807) is 41.5 Å². The fourth-order valence-corrected chi connectivity index (χ4v) is 3.14. The number of nitrogens with zero attached hydrogens (tertiary/aromatic N) is 2. The molecule has 0 fully saturated rings. The standard InChI is InChI=1S/C12H25NO2.C5H12N4O2.C5H12N2O.C5H11N.C4H8O.C3H7NO.2C3H8O.C2H6O.3CH4/c1-8(2)6-10(15)7-12(4,5)11(13)9(3)14;1-2-3-4-7-5(6)8-9(10)11;1-2-3-4-7-5(6)8;1-3-4-5(2)6;1-3-4(2)5;1-3(5)2-4;2*1-3(2)4;1-2-3;;;/h8,10-11,15H,6-7,13H2,1-5H3;2-4H2,1H3,(H3,6,7,8);2-4H2,1H3,(H3,6,7,8);2-4,6H2,1H3;3H2,1-2H3;2,4H2,1H3;2*3-4H,1-2H3;3H,2H2,1H3;3*1H4. The van der Waals surface area contributed by atoms with Crippen molar-refractivity contribution in [2.45, 2.75) is 215 Å². The van der Waals surface area contributed by atoms with Crippen molar-refractivity contribution in [2.75, 3.05) is 26.2 Å². The lowest BCUT2D eigenvalue weighted by Gasteiger charge is -2.32. The maximum atomic E-state index is 11.2. The summed E-state index contributed by atoms with van der Waals surface area (Å²) in [4.78, 5) is 50.4. The largest absolute Gasteiger partial charge is 0.403 e. The van der Waals surface area contributed by atoms with Crippen LogP contribution in [0.15, 0.2) is 17.4 Å². The topological polar surface area (TPSA) is 359 Å². The average molecular weight is 936 g/mol. The zero-order valence-corrected chi connectivity index (χ0v) is 41.3. The predicted octanol–water partition coefficient (Wildman–Crippen LogP) is 6.52. The molecule has 19 nitrogen and oxygen atoms in total. The van der Waals surface area contributed by atoms with Gasteiger partial charge in [-0.15, -0.1) is 0 Å². The lowest BCUT2D eigenvalue weighted by molar-refractivity contribution is -0.485. The maximum Gasteiger partial charge on any atom is 0.312 e. The van der Waals surface area contributed by atoms with E-state index in [0.717, 1.165) is 50.6 Å². The summed E-state index contributed by atoms with van der Waals surface area (Å²) in [5, 5.41) is 50.4. The summed E-state index contributed by atoms with van der Waals surface area (Å²) in [6.45, 7) is 34.4. The summed E-state index contributed by atoms with van der Waals surface area (Å²) in [7, 11) is 0. The molecule has 0 aromatic carbocycles.